The fraction of sp³-hybridized carbons (Fsp3) is 0.762. The standard InChI is InChI=1S/C21H37N5O6/c1-12(2)17(23)19(30)25-13(8-9-15(22)27)20(31)26-10-6-7-14(26)18(29)24-11-16(28)32-21(3,4)5/h12-14,17H,6-11,23H2,1-5H3,(H2,22,27)(H,24,29)(H,25,30)/t13-,14-,17-/m0/s1. The van der Waals surface area contributed by atoms with Gasteiger partial charge < -0.3 is 31.7 Å². The first kappa shape index (κ1) is 27.3. The Balaban J connectivity index is 2.85. The number of nitrogens with two attached hydrogens (primary N) is 2. The Kier molecular flexibility index (Phi) is 10.1. The summed E-state index contributed by atoms with van der Waals surface area (Å²) < 4.78 is 5.17. The largest absolute Gasteiger partial charge is 0.459 e. The summed E-state index contributed by atoms with van der Waals surface area (Å²) in [5.74, 6) is -2.85. The number of hydrogen-bond donors (Lipinski definition) is 4. The molecule has 1 saturated heterocycles. The second kappa shape index (κ2) is 11.8. The van der Waals surface area contributed by atoms with Gasteiger partial charge in [0.05, 0.1) is 6.04 Å². The number of ether oxygens (including phenoxy) is 1. The van der Waals surface area contributed by atoms with E-state index in [1.807, 2.05) is 0 Å². The second-order valence-corrected chi connectivity index (χ2v) is 9.33. The number of carbonyl (C=O) groups is 5. The topological polar surface area (TPSA) is 174 Å². The van der Waals surface area contributed by atoms with Gasteiger partial charge >= 0.3 is 5.97 Å². The Morgan fingerprint density at radius 1 is 1.16 bits per heavy atom. The average molecular weight is 456 g/mol. The molecule has 11 heteroatoms. The summed E-state index contributed by atoms with van der Waals surface area (Å²) in [6.45, 7) is 8.69. The van der Waals surface area contributed by atoms with Crippen molar-refractivity contribution in [3.63, 3.8) is 0 Å². The number of nitrogens with one attached hydrogen (secondary N) is 2. The molecule has 0 aromatic carbocycles. The molecule has 0 aromatic rings. The summed E-state index contributed by atoms with van der Waals surface area (Å²) in [4.78, 5) is 62.7. The molecule has 11 nitrogen and oxygen atoms in total. The maximum absolute atomic E-state index is 13.2. The van der Waals surface area contributed by atoms with Crippen molar-refractivity contribution in [2.75, 3.05) is 13.1 Å². The van der Waals surface area contributed by atoms with Gasteiger partial charge in [-0.3, -0.25) is 24.0 Å². The van der Waals surface area contributed by atoms with E-state index in [-0.39, 0.29) is 25.3 Å². The highest BCUT2D eigenvalue weighted by Gasteiger charge is 2.38. The Bertz CT molecular complexity index is 718. The second-order valence-electron chi connectivity index (χ2n) is 9.33. The van der Waals surface area contributed by atoms with Crippen molar-refractivity contribution in [2.24, 2.45) is 17.4 Å². The predicted octanol–water partition coefficient (Wildman–Crippen LogP) is -0.831. The highest BCUT2D eigenvalue weighted by Crippen LogP contribution is 2.20. The third kappa shape index (κ3) is 8.81. The van der Waals surface area contributed by atoms with Crippen molar-refractivity contribution in [1.82, 2.24) is 15.5 Å². The van der Waals surface area contributed by atoms with Crippen LogP contribution in [0.2, 0.25) is 0 Å². The van der Waals surface area contributed by atoms with Crippen LogP contribution in [-0.4, -0.2) is 71.3 Å². The van der Waals surface area contributed by atoms with E-state index in [4.69, 9.17) is 16.2 Å². The van der Waals surface area contributed by atoms with E-state index >= 15 is 0 Å². The molecule has 0 aromatic heterocycles. The van der Waals surface area contributed by atoms with Crippen molar-refractivity contribution in [3.8, 4) is 0 Å². The lowest BCUT2D eigenvalue weighted by molar-refractivity contribution is -0.154. The predicted molar refractivity (Wildman–Crippen MR) is 117 cm³/mol. The zero-order chi connectivity index (χ0) is 24.6. The van der Waals surface area contributed by atoms with Gasteiger partial charge in [0.25, 0.3) is 0 Å². The summed E-state index contributed by atoms with van der Waals surface area (Å²) in [6, 6.07) is -2.67. The Morgan fingerprint density at radius 2 is 1.78 bits per heavy atom. The zero-order valence-electron chi connectivity index (χ0n) is 19.6. The highest BCUT2D eigenvalue weighted by atomic mass is 16.6. The van der Waals surface area contributed by atoms with E-state index in [1.54, 1.807) is 34.6 Å². The van der Waals surface area contributed by atoms with Gasteiger partial charge in [-0.25, -0.2) is 0 Å². The SMILES string of the molecule is CC(C)[C@H](N)C(=O)N[C@@H](CCC(N)=O)C(=O)N1CCC[C@H]1C(=O)NCC(=O)OC(C)(C)C. The van der Waals surface area contributed by atoms with Crippen LogP contribution in [0.4, 0.5) is 0 Å². The third-order valence-electron chi connectivity index (χ3n) is 4.98. The molecular formula is C21H37N5O6. The summed E-state index contributed by atoms with van der Waals surface area (Å²) in [5.41, 5.74) is 10.4. The molecule has 0 spiro atoms. The molecular weight excluding hydrogens is 418 g/mol. The van der Waals surface area contributed by atoms with Crippen molar-refractivity contribution in [3.05, 3.63) is 0 Å². The molecule has 4 amide bonds. The molecule has 1 rings (SSSR count). The number of hydrogen-bond acceptors (Lipinski definition) is 7. The van der Waals surface area contributed by atoms with Crippen LogP contribution in [0.15, 0.2) is 0 Å². The van der Waals surface area contributed by atoms with Gasteiger partial charge in [-0.05, 0) is 46.0 Å². The number of likely N-dealkylation sites (tertiary alicyclic amines) is 1. The van der Waals surface area contributed by atoms with Crippen LogP contribution < -0.4 is 22.1 Å². The van der Waals surface area contributed by atoms with Crippen LogP contribution in [0.3, 0.4) is 0 Å². The molecule has 1 aliphatic heterocycles. The lowest BCUT2D eigenvalue weighted by atomic mass is 10.0. The van der Waals surface area contributed by atoms with Gasteiger partial charge in [0.2, 0.25) is 23.6 Å². The fourth-order valence-corrected chi connectivity index (χ4v) is 3.27. The summed E-state index contributed by atoms with van der Waals surface area (Å²) in [6.07, 6.45) is 0.872. The number of amides is 4. The minimum atomic E-state index is -1.04. The van der Waals surface area contributed by atoms with Gasteiger partial charge in [0.1, 0.15) is 24.2 Å². The number of primary amides is 1. The first-order valence-corrected chi connectivity index (χ1v) is 10.9. The third-order valence-corrected chi connectivity index (χ3v) is 4.98. The van der Waals surface area contributed by atoms with Crippen molar-refractivity contribution in [2.45, 2.75) is 84.0 Å². The highest BCUT2D eigenvalue weighted by molar-refractivity contribution is 5.94. The number of rotatable bonds is 10. The zero-order valence-corrected chi connectivity index (χ0v) is 19.6. The number of nitrogens with zero attached hydrogens (tertiary/aromatic N) is 1. The van der Waals surface area contributed by atoms with Crippen LogP contribution in [0, 0.1) is 5.92 Å². The molecule has 182 valence electrons. The Labute approximate surface area is 188 Å². The van der Waals surface area contributed by atoms with E-state index < -0.39 is 53.3 Å². The maximum Gasteiger partial charge on any atom is 0.325 e. The van der Waals surface area contributed by atoms with Gasteiger partial charge in [-0.2, -0.15) is 0 Å². The molecule has 0 aliphatic carbocycles. The summed E-state index contributed by atoms with van der Waals surface area (Å²) >= 11 is 0. The van der Waals surface area contributed by atoms with Crippen molar-refractivity contribution in [1.29, 1.82) is 0 Å². The normalized spacial score (nSPS) is 18.1. The van der Waals surface area contributed by atoms with Gasteiger partial charge in [-0.15, -0.1) is 0 Å². The quantitative estimate of drug-likeness (QED) is 0.311. The van der Waals surface area contributed by atoms with E-state index in [9.17, 15) is 24.0 Å². The van der Waals surface area contributed by atoms with Crippen molar-refractivity contribution < 1.29 is 28.7 Å². The summed E-state index contributed by atoms with van der Waals surface area (Å²) in [7, 11) is 0. The average Bonchev–Trinajstić information content (AvgIpc) is 3.16. The van der Waals surface area contributed by atoms with Gasteiger partial charge in [0, 0.05) is 13.0 Å². The van der Waals surface area contributed by atoms with Crippen LogP contribution >= 0.6 is 0 Å². The Hall–Kier alpha value is -2.69. The number of carbonyl (C=O) groups excluding carboxylic acids is 5. The maximum atomic E-state index is 13.2. The van der Waals surface area contributed by atoms with Crippen LogP contribution in [0.1, 0.15) is 60.3 Å². The molecule has 6 N–H and O–H groups in total. The van der Waals surface area contributed by atoms with Gasteiger partial charge in [-0.1, -0.05) is 13.8 Å². The van der Waals surface area contributed by atoms with E-state index in [0.29, 0.717) is 19.4 Å². The summed E-state index contributed by atoms with van der Waals surface area (Å²) in [5, 5.41) is 5.10. The first-order chi connectivity index (χ1) is 14.7. The number of esters is 1. The molecule has 1 aliphatic rings. The fourth-order valence-electron chi connectivity index (χ4n) is 3.27. The molecule has 1 heterocycles. The molecule has 32 heavy (non-hydrogen) atoms. The Morgan fingerprint density at radius 3 is 2.31 bits per heavy atom. The molecule has 0 bridgehead atoms. The molecule has 0 radical (unpaired) electrons. The molecule has 0 saturated carbocycles. The molecule has 1 fully saturated rings. The van der Waals surface area contributed by atoms with Crippen molar-refractivity contribution >= 4 is 29.6 Å². The molecule has 0 unspecified atom stereocenters. The van der Waals surface area contributed by atoms with Gasteiger partial charge in [0.15, 0.2) is 0 Å². The van der Waals surface area contributed by atoms with Crippen LogP contribution in [-0.2, 0) is 28.7 Å². The minimum Gasteiger partial charge on any atom is -0.459 e. The minimum absolute atomic E-state index is 0.00648. The van der Waals surface area contributed by atoms with E-state index in [1.165, 1.54) is 4.90 Å². The first-order valence-electron chi connectivity index (χ1n) is 10.9. The lowest BCUT2D eigenvalue weighted by Gasteiger charge is -2.29. The van der Waals surface area contributed by atoms with Crippen LogP contribution in [0.5, 0.6) is 0 Å². The smallest absolute Gasteiger partial charge is 0.325 e. The molecule has 3 atom stereocenters. The van der Waals surface area contributed by atoms with E-state index in [0.717, 1.165) is 0 Å². The van der Waals surface area contributed by atoms with E-state index in [2.05, 4.69) is 10.6 Å². The monoisotopic (exact) mass is 455 g/mol. The lowest BCUT2D eigenvalue weighted by Crippen LogP contribution is -2.56. The van der Waals surface area contributed by atoms with Crippen LogP contribution in [0.25, 0.3) is 0 Å².